The molecule has 0 saturated carbocycles. The van der Waals surface area contributed by atoms with Crippen LogP contribution in [0.1, 0.15) is 31.9 Å². The lowest BCUT2D eigenvalue weighted by atomic mass is 10.1. The minimum Gasteiger partial charge on any atom is -0.379 e. The van der Waals surface area contributed by atoms with Gasteiger partial charge >= 0.3 is 0 Å². The van der Waals surface area contributed by atoms with E-state index in [1.165, 1.54) is 6.07 Å². The van der Waals surface area contributed by atoms with Gasteiger partial charge in [-0.15, -0.1) is 0 Å². The van der Waals surface area contributed by atoms with Crippen molar-refractivity contribution in [2.45, 2.75) is 26.3 Å². The molecule has 1 rings (SSSR count). The second-order valence-corrected chi connectivity index (χ2v) is 4.27. The van der Waals surface area contributed by atoms with Gasteiger partial charge in [-0.3, -0.25) is 0 Å². The Morgan fingerprint density at radius 2 is 2.18 bits per heavy atom. The molecule has 17 heavy (non-hydrogen) atoms. The number of halogens is 2. The first kappa shape index (κ1) is 14.4. The van der Waals surface area contributed by atoms with E-state index >= 15 is 0 Å². The molecule has 0 radical (unpaired) electrons. The van der Waals surface area contributed by atoms with Crippen LogP contribution in [-0.2, 0) is 4.74 Å². The first-order valence-electron chi connectivity index (χ1n) is 5.95. The topological polar surface area (TPSA) is 21.3 Å². The van der Waals surface area contributed by atoms with Crippen molar-refractivity contribution in [1.29, 1.82) is 0 Å². The average molecular weight is 260 g/mol. The standard InChI is InChI=1S/C13H19ClFNO/c1-3-7-17-9-13(16-4-2)10-5-6-12(15)11(14)8-10/h5-6,8,13,16H,3-4,7,9H2,1-2H3. The lowest BCUT2D eigenvalue weighted by molar-refractivity contribution is 0.112. The lowest BCUT2D eigenvalue weighted by Crippen LogP contribution is -2.25. The van der Waals surface area contributed by atoms with E-state index in [4.69, 9.17) is 16.3 Å². The molecule has 96 valence electrons. The molecule has 0 aliphatic rings. The van der Waals surface area contributed by atoms with Crippen LogP contribution >= 0.6 is 11.6 Å². The average Bonchev–Trinajstić information content (AvgIpc) is 2.32. The zero-order chi connectivity index (χ0) is 12.7. The van der Waals surface area contributed by atoms with Crippen LogP contribution in [-0.4, -0.2) is 19.8 Å². The van der Waals surface area contributed by atoms with Crippen LogP contribution in [0, 0.1) is 5.82 Å². The highest BCUT2D eigenvalue weighted by Crippen LogP contribution is 2.21. The number of rotatable bonds is 7. The summed E-state index contributed by atoms with van der Waals surface area (Å²) in [6.07, 6.45) is 0.989. The zero-order valence-corrected chi connectivity index (χ0v) is 11.1. The van der Waals surface area contributed by atoms with E-state index in [9.17, 15) is 4.39 Å². The predicted molar refractivity (Wildman–Crippen MR) is 68.9 cm³/mol. The third kappa shape index (κ3) is 4.62. The number of hydrogen-bond acceptors (Lipinski definition) is 2. The molecule has 0 bridgehead atoms. The molecule has 4 heteroatoms. The Bertz CT molecular complexity index is 346. The van der Waals surface area contributed by atoms with Crippen molar-refractivity contribution in [2.75, 3.05) is 19.8 Å². The Balaban J connectivity index is 2.70. The molecule has 0 amide bonds. The van der Waals surface area contributed by atoms with Crippen molar-refractivity contribution < 1.29 is 9.13 Å². The molecule has 1 aromatic carbocycles. The SMILES string of the molecule is CCCOCC(NCC)c1ccc(F)c(Cl)c1. The molecule has 0 fully saturated rings. The van der Waals surface area contributed by atoms with E-state index in [0.717, 1.165) is 25.1 Å². The van der Waals surface area contributed by atoms with Gasteiger partial charge in [0.1, 0.15) is 5.82 Å². The van der Waals surface area contributed by atoms with Gasteiger partial charge in [0.15, 0.2) is 0 Å². The van der Waals surface area contributed by atoms with Crippen LogP contribution in [0.4, 0.5) is 4.39 Å². The van der Waals surface area contributed by atoms with E-state index in [0.29, 0.717) is 6.61 Å². The van der Waals surface area contributed by atoms with E-state index in [2.05, 4.69) is 12.2 Å². The monoisotopic (exact) mass is 259 g/mol. The van der Waals surface area contributed by atoms with Crippen LogP contribution in [0.15, 0.2) is 18.2 Å². The summed E-state index contributed by atoms with van der Waals surface area (Å²) in [5, 5.41) is 3.45. The second-order valence-electron chi connectivity index (χ2n) is 3.86. The predicted octanol–water partition coefficient (Wildman–Crippen LogP) is 3.56. The molecule has 1 atom stereocenters. The fraction of sp³-hybridized carbons (Fsp3) is 0.538. The van der Waals surface area contributed by atoms with Gasteiger partial charge < -0.3 is 10.1 Å². The molecule has 0 aliphatic carbocycles. The van der Waals surface area contributed by atoms with Gasteiger partial charge in [0.2, 0.25) is 0 Å². The van der Waals surface area contributed by atoms with Crippen LogP contribution in [0.25, 0.3) is 0 Å². The summed E-state index contributed by atoms with van der Waals surface area (Å²) in [5.74, 6) is -0.389. The van der Waals surface area contributed by atoms with Gasteiger partial charge in [-0.1, -0.05) is 31.5 Å². The quantitative estimate of drug-likeness (QED) is 0.756. The Kier molecular flexibility index (Phi) is 6.48. The van der Waals surface area contributed by atoms with Crippen LogP contribution in [0.2, 0.25) is 5.02 Å². The van der Waals surface area contributed by atoms with Crippen LogP contribution < -0.4 is 5.32 Å². The maximum absolute atomic E-state index is 13.1. The summed E-state index contributed by atoms with van der Waals surface area (Å²) in [7, 11) is 0. The van der Waals surface area contributed by atoms with Crippen LogP contribution in [0.3, 0.4) is 0 Å². The first-order chi connectivity index (χ1) is 8.19. The smallest absolute Gasteiger partial charge is 0.141 e. The molecular formula is C13H19ClFNO. The van der Waals surface area contributed by atoms with Gasteiger partial charge in [-0.25, -0.2) is 4.39 Å². The van der Waals surface area contributed by atoms with E-state index < -0.39 is 0 Å². The molecule has 1 unspecified atom stereocenters. The van der Waals surface area contributed by atoms with Gasteiger partial charge in [0.05, 0.1) is 17.7 Å². The molecule has 0 aliphatic heterocycles. The number of hydrogen-bond donors (Lipinski definition) is 1. The highest BCUT2D eigenvalue weighted by molar-refractivity contribution is 6.30. The number of likely N-dealkylation sites (N-methyl/N-ethyl adjacent to an activating group) is 1. The van der Waals surface area contributed by atoms with Gasteiger partial charge in [-0.05, 0) is 30.7 Å². The Morgan fingerprint density at radius 3 is 2.76 bits per heavy atom. The van der Waals surface area contributed by atoms with E-state index in [1.54, 1.807) is 12.1 Å². The van der Waals surface area contributed by atoms with Gasteiger partial charge in [0, 0.05) is 6.61 Å². The molecule has 2 nitrogen and oxygen atoms in total. The fourth-order valence-electron chi connectivity index (χ4n) is 1.59. The molecule has 1 aromatic rings. The molecule has 0 spiro atoms. The maximum atomic E-state index is 13.1. The summed E-state index contributed by atoms with van der Waals surface area (Å²) < 4.78 is 18.6. The minimum absolute atomic E-state index is 0.0599. The van der Waals surface area contributed by atoms with Crippen molar-refractivity contribution >= 4 is 11.6 Å². The number of nitrogens with one attached hydrogen (secondary N) is 1. The zero-order valence-electron chi connectivity index (χ0n) is 10.3. The highest BCUT2D eigenvalue weighted by Gasteiger charge is 2.12. The Labute approximate surface area is 107 Å². The normalized spacial score (nSPS) is 12.7. The van der Waals surface area contributed by atoms with Gasteiger partial charge in [0.25, 0.3) is 0 Å². The number of ether oxygens (including phenoxy) is 1. The van der Waals surface area contributed by atoms with Crippen molar-refractivity contribution in [1.82, 2.24) is 5.32 Å². The molecule has 0 heterocycles. The molecular weight excluding hydrogens is 241 g/mol. The Morgan fingerprint density at radius 1 is 1.41 bits per heavy atom. The first-order valence-corrected chi connectivity index (χ1v) is 6.32. The molecule has 1 N–H and O–H groups in total. The van der Waals surface area contributed by atoms with Crippen LogP contribution in [0.5, 0.6) is 0 Å². The second kappa shape index (κ2) is 7.64. The minimum atomic E-state index is -0.389. The summed E-state index contributed by atoms with van der Waals surface area (Å²) in [6.45, 7) is 6.23. The summed E-state index contributed by atoms with van der Waals surface area (Å²) in [5.41, 5.74) is 0.953. The van der Waals surface area contributed by atoms with Crippen molar-refractivity contribution in [2.24, 2.45) is 0 Å². The molecule has 0 aromatic heterocycles. The number of benzene rings is 1. The summed E-state index contributed by atoms with van der Waals surface area (Å²) in [6, 6.07) is 4.84. The highest BCUT2D eigenvalue weighted by atomic mass is 35.5. The summed E-state index contributed by atoms with van der Waals surface area (Å²) >= 11 is 5.78. The molecule has 0 saturated heterocycles. The largest absolute Gasteiger partial charge is 0.379 e. The third-order valence-electron chi connectivity index (χ3n) is 2.43. The van der Waals surface area contributed by atoms with Crippen molar-refractivity contribution in [3.63, 3.8) is 0 Å². The van der Waals surface area contributed by atoms with Gasteiger partial charge in [-0.2, -0.15) is 0 Å². The summed E-state index contributed by atoms with van der Waals surface area (Å²) in [4.78, 5) is 0. The van der Waals surface area contributed by atoms with E-state index in [-0.39, 0.29) is 16.9 Å². The third-order valence-corrected chi connectivity index (χ3v) is 2.72. The van der Waals surface area contributed by atoms with Crippen molar-refractivity contribution in [3.8, 4) is 0 Å². The fourth-order valence-corrected chi connectivity index (χ4v) is 1.78. The van der Waals surface area contributed by atoms with E-state index in [1.807, 2.05) is 6.92 Å². The van der Waals surface area contributed by atoms with Crippen molar-refractivity contribution in [3.05, 3.63) is 34.6 Å². The Hall–Kier alpha value is -0.640. The lowest BCUT2D eigenvalue weighted by Gasteiger charge is -2.18. The maximum Gasteiger partial charge on any atom is 0.141 e.